The predicted molar refractivity (Wildman–Crippen MR) is 123 cm³/mol. The molecule has 1 aromatic carbocycles. The molecule has 1 aliphatic rings. The van der Waals surface area contributed by atoms with Crippen molar-refractivity contribution in [2.24, 2.45) is 10.9 Å². The summed E-state index contributed by atoms with van der Waals surface area (Å²) in [5.74, 6) is 1.43. The maximum atomic E-state index is 5.74. The van der Waals surface area contributed by atoms with Gasteiger partial charge in [-0.05, 0) is 30.9 Å². The van der Waals surface area contributed by atoms with Crippen LogP contribution in [0.3, 0.4) is 0 Å². The summed E-state index contributed by atoms with van der Waals surface area (Å²) in [6.07, 6.45) is 2.10. The molecule has 1 unspecified atom stereocenters. The lowest BCUT2D eigenvalue weighted by atomic mass is 9.82. The molecule has 1 atom stereocenters. The number of hydrogen-bond acceptors (Lipinski definition) is 3. The highest BCUT2D eigenvalue weighted by Gasteiger charge is 2.22. The normalized spacial score (nSPS) is 17.5. The van der Waals surface area contributed by atoms with E-state index < -0.39 is 0 Å². The summed E-state index contributed by atoms with van der Waals surface area (Å²) >= 11 is 0. The van der Waals surface area contributed by atoms with Crippen LogP contribution in [0.1, 0.15) is 37.8 Å². The van der Waals surface area contributed by atoms with Crippen molar-refractivity contribution in [2.45, 2.75) is 39.0 Å². The fourth-order valence-electron chi connectivity index (χ4n) is 3.30. The first-order chi connectivity index (χ1) is 12.5. The van der Waals surface area contributed by atoms with E-state index in [0.717, 1.165) is 58.3 Å². The Bertz CT molecular complexity index is 572. The van der Waals surface area contributed by atoms with Crippen LogP contribution in [0.4, 0.5) is 0 Å². The van der Waals surface area contributed by atoms with Gasteiger partial charge in [0, 0.05) is 44.7 Å². The Morgan fingerprint density at radius 2 is 2.07 bits per heavy atom. The monoisotopic (exact) mass is 489 g/mol. The van der Waals surface area contributed by atoms with Crippen LogP contribution >= 0.6 is 24.0 Å². The van der Waals surface area contributed by atoms with Gasteiger partial charge in [0.25, 0.3) is 0 Å². The van der Waals surface area contributed by atoms with Gasteiger partial charge in [-0.25, -0.2) is 0 Å². The van der Waals surface area contributed by atoms with Gasteiger partial charge in [-0.1, -0.05) is 38.1 Å². The van der Waals surface area contributed by atoms with Gasteiger partial charge in [-0.15, -0.1) is 24.0 Å². The van der Waals surface area contributed by atoms with Crippen LogP contribution in [-0.4, -0.2) is 52.5 Å². The number of hydrogen-bond donors (Lipinski definition) is 2. The minimum absolute atomic E-state index is 0. The molecular weight excluding hydrogens is 453 g/mol. The van der Waals surface area contributed by atoms with E-state index in [2.05, 4.69) is 60.7 Å². The number of nitrogens with zero attached hydrogens (tertiary/aromatic N) is 1. The fraction of sp³-hybridized carbons (Fsp3) is 0.667. The number of nitrogens with one attached hydrogen (secondary N) is 2. The van der Waals surface area contributed by atoms with Crippen LogP contribution in [0.15, 0.2) is 29.3 Å². The molecule has 2 rings (SSSR count). The maximum Gasteiger partial charge on any atom is 0.191 e. The SMILES string of the molecule is CN=C(NCCCOCC1CCOC1)NCC(C)(C)c1ccccc1C.I. The van der Waals surface area contributed by atoms with E-state index in [1.807, 2.05) is 7.05 Å². The summed E-state index contributed by atoms with van der Waals surface area (Å²) < 4.78 is 11.1. The molecule has 0 spiro atoms. The van der Waals surface area contributed by atoms with E-state index in [9.17, 15) is 0 Å². The highest BCUT2D eigenvalue weighted by molar-refractivity contribution is 14.0. The third-order valence-electron chi connectivity index (χ3n) is 4.93. The highest BCUT2D eigenvalue weighted by Crippen LogP contribution is 2.25. The Morgan fingerprint density at radius 1 is 1.30 bits per heavy atom. The van der Waals surface area contributed by atoms with Crippen LogP contribution in [0.2, 0.25) is 0 Å². The van der Waals surface area contributed by atoms with E-state index in [1.54, 1.807) is 0 Å². The molecule has 27 heavy (non-hydrogen) atoms. The Hall–Kier alpha value is -0.860. The van der Waals surface area contributed by atoms with Crippen LogP contribution in [0, 0.1) is 12.8 Å². The minimum atomic E-state index is 0. The first-order valence-corrected chi connectivity index (χ1v) is 9.69. The summed E-state index contributed by atoms with van der Waals surface area (Å²) in [6.45, 7) is 11.7. The van der Waals surface area contributed by atoms with Gasteiger partial charge < -0.3 is 20.1 Å². The van der Waals surface area contributed by atoms with Crippen molar-refractivity contribution < 1.29 is 9.47 Å². The van der Waals surface area contributed by atoms with Crippen molar-refractivity contribution in [3.05, 3.63) is 35.4 Å². The van der Waals surface area contributed by atoms with Gasteiger partial charge in [-0.3, -0.25) is 4.99 Å². The quantitative estimate of drug-likeness (QED) is 0.241. The van der Waals surface area contributed by atoms with Crippen molar-refractivity contribution in [3.8, 4) is 0 Å². The summed E-state index contributed by atoms with van der Waals surface area (Å²) in [5.41, 5.74) is 2.73. The number of guanidine groups is 1. The molecule has 0 amide bonds. The molecular formula is C21H36IN3O2. The number of aryl methyl sites for hydroxylation is 1. The first-order valence-electron chi connectivity index (χ1n) is 9.69. The molecule has 6 heteroatoms. The summed E-state index contributed by atoms with van der Waals surface area (Å²) in [5, 5.41) is 6.82. The second kappa shape index (κ2) is 12.6. The lowest BCUT2D eigenvalue weighted by Gasteiger charge is -2.28. The fourth-order valence-corrected chi connectivity index (χ4v) is 3.30. The lowest BCUT2D eigenvalue weighted by molar-refractivity contribution is 0.0888. The van der Waals surface area contributed by atoms with E-state index in [0.29, 0.717) is 5.92 Å². The lowest BCUT2D eigenvalue weighted by Crippen LogP contribution is -2.44. The van der Waals surface area contributed by atoms with E-state index in [1.165, 1.54) is 11.1 Å². The van der Waals surface area contributed by atoms with Crippen molar-refractivity contribution >= 4 is 29.9 Å². The zero-order chi connectivity index (χ0) is 18.8. The summed E-state index contributed by atoms with van der Waals surface area (Å²) in [4.78, 5) is 4.33. The maximum absolute atomic E-state index is 5.74. The topological polar surface area (TPSA) is 54.9 Å². The number of aliphatic imine (C=N–C) groups is 1. The van der Waals surface area contributed by atoms with Crippen molar-refractivity contribution in [1.29, 1.82) is 0 Å². The first kappa shape index (κ1) is 24.2. The van der Waals surface area contributed by atoms with Gasteiger partial charge in [0.1, 0.15) is 0 Å². The Labute approximate surface area is 181 Å². The molecule has 0 radical (unpaired) electrons. The van der Waals surface area contributed by atoms with Crippen molar-refractivity contribution in [2.75, 3.05) is 46.6 Å². The molecule has 0 saturated carbocycles. The van der Waals surface area contributed by atoms with Crippen LogP contribution in [0.5, 0.6) is 0 Å². The molecule has 1 aromatic rings. The number of halogens is 1. The zero-order valence-corrected chi connectivity index (χ0v) is 19.5. The standard InChI is InChI=1S/C21H35N3O2.HI/c1-17-8-5-6-9-19(17)21(2,3)16-24-20(22-4)23-11-7-12-25-14-18-10-13-26-15-18;/h5-6,8-9,18H,7,10-16H2,1-4H3,(H2,22,23,24);1H. The van der Waals surface area contributed by atoms with Gasteiger partial charge >= 0.3 is 0 Å². The van der Waals surface area contributed by atoms with Crippen LogP contribution in [-0.2, 0) is 14.9 Å². The molecule has 2 N–H and O–H groups in total. The minimum Gasteiger partial charge on any atom is -0.381 e. The molecule has 5 nitrogen and oxygen atoms in total. The van der Waals surface area contributed by atoms with Gasteiger partial charge in [0.15, 0.2) is 5.96 Å². The third-order valence-corrected chi connectivity index (χ3v) is 4.93. The molecule has 1 aliphatic heterocycles. The van der Waals surface area contributed by atoms with Crippen LogP contribution < -0.4 is 10.6 Å². The molecule has 1 saturated heterocycles. The second-order valence-electron chi connectivity index (χ2n) is 7.71. The van der Waals surface area contributed by atoms with E-state index in [-0.39, 0.29) is 29.4 Å². The van der Waals surface area contributed by atoms with E-state index in [4.69, 9.17) is 9.47 Å². The van der Waals surface area contributed by atoms with Crippen molar-refractivity contribution in [3.63, 3.8) is 0 Å². The Morgan fingerprint density at radius 3 is 2.74 bits per heavy atom. The molecule has 1 fully saturated rings. The average molecular weight is 489 g/mol. The van der Waals surface area contributed by atoms with Gasteiger partial charge in [-0.2, -0.15) is 0 Å². The molecule has 0 bridgehead atoms. The highest BCUT2D eigenvalue weighted by atomic mass is 127. The predicted octanol–water partition coefficient (Wildman–Crippen LogP) is 3.50. The summed E-state index contributed by atoms with van der Waals surface area (Å²) in [7, 11) is 1.81. The number of benzene rings is 1. The second-order valence-corrected chi connectivity index (χ2v) is 7.71. The smallest absolute Gasteiger partial charge is 0.191 e. The van der Waals surface area contributed by atoms with Gasteiger partial charge in [0.05, 0.1) is 13.2 Å². The third kappa shape index (κ3) is 8.35. The average Bonchev–Trinajstić information content (AvgIpc) is 3.14. The Kier molecular flexibility index (Phi) is 11.3. The number of rotatable bonds is 9. The molecule has 0 aliphatic carbocycles. The Balaban J connectivity index is 0.00000364. The molecule has 0 aromatic heterocycles. The zero-order valence-electron chi connectivity index (χ0n) is 17.2. The van der Waals surface area contributed by atoms with E-state index >= 15 is 0 Å². The largest absolute Gasteiger partial charge is 0.381 e. The molecule has 154 valence electrons. The molecule has 1 heterocycles. The number of ether oxygens (including phenoxy) is 2. The van der Waals surface area contributed by atoms with Gasteiger partial charge in [0.2, 0.25) is 0 Å². The summed E-state index contributed by atoms with van der Waals surface area (Å²) in [6, 6.07) is 8.57. The van der Waals surface area contributed by atoms with Crippen molar-refractivity contribution in [1.82, 2.24) is 10.6 Å². The van der Waals surface area contributed by atoms with Crippen LogP contribution in [0.25, 0.3) is 0 Å².